The van der Waals surface area contributed by atoms with E-state index in [4.69, 9.17) is 0 Å². The zero-order chi connectivity index (χ0) is 21.1. The fourth-order valence-electron chi connectivity index (χ4n) is 3.67. The van der Waals surface area contributed by atoms with Gasteiger partial charge in [-0.25, -0.2) is 4.52 Å². The fourth-order valence-corrected chi connectivity index (χ4v) is 5.11. The van der Waals surface area contributed by atoms with Crippen LogP contribution in [-0.2, 0) is 4.79 Å². The maximum atomic E-state index is 12.8. The molecule has 0 radical (unpaired) electrons. The third kappa shape index (κ3) is 4.93. The van der Waals surface area contributed by atoms with E-state index in [-0.39, 0.29) is 17.9 Å². The molecule has 0 bridgehead atoms. The van der Waals surface area contributed by atoms with Crippen molar-refractivity contribution in [2.75, 3.05) is 19.6 Å². The van der Waals surface area contributed by atoms with Crippen LogP contribution in [0.2, 0.25) is 0 Å². The Balaban J connectivity index is 1.39. The highest BCUT2D eigenvalue weighted by atomic mass is 79.9. The highest BCUT2D eigenvalue weighted by Gasteiger charge is 2.21. The minimum Gasteiger partial charge on any atom is -0.381 e. The molecular formula is C20H25BrN6O2S. The number of rotatable bonds is 5. The van der Waals surface area contributed by atoms with Crippen molar-refractivity contribution in [3.63, 3.8) is 0 Å². The summed E-state index contributed by atoms with van der Waals surface area (Å²) in [6.07, 6.45) is 11.7. The van der Waals surface area contributed by atoms with Crippen LogP contribution in [0.5, 0.6) is 0 Å². The van der Waals surface area contributed by atoms with Crippen LogP contribution >= 0.6 is 27.3 Å². The molecule has 4 rings (SSSR count). The van der Waals surface area contributed by atoms with Gasteiger partial charge in [0.15, 0.2) is 0 Å². The zero-order valence-electron chi connectivity index (χ0n) is 16.8. The number of amides is 2. The molecule has 30 heavy (non-hydrogen) atoms. The van der Waals surface area contributed by atoms with Crippen LogP contribution in [0.3, 0.4) is 0 Å². The van der Waals surface area contributed by atoms with Crippen molar-refractivity contribution in [2.24, 2.45) is 0 Å². The first-order chi connectivity index (χ1) is 14.5. The lowest BCUT2D eigenvalue weighted by Gasteiger charge is -2.24. The number of allylic oxidation sites excluding steroid dienone is 1. The predicted molar refractivity (Wildman–Crippen MR) is 120 cm³/mol. The number of halogens is 1. The van der Waals surface area contributed by atoms with Gasteiger partial charge in [0.05, 0.1) is 40.0 Å². The Bertz CT molecular complexity index is 1000. The molecule has 2 amide bonds. The van der Waals surface area contributed by atoms with Gasteiger partial charge in [0.25, 0.3) is 5.91 Å². The van der Waals surface area contributed by atoms with E-state index < -0.39 is 0 Å². The molecule has 2 aliphatic heterocycles. The highest BCUT2D eigenvalue weighted by molar-refractivity contribution is 9.11. The van der Waals surface area contributed by atoms with Gasteiger partial charge in [-0.2, -0.15) is 5.10 Å². The fraction of sp³-hybridized carbons (Fsp3) is 0.450. The molecule has 0 saturated carbocycles. The van der Waals surface area contributed by atoms with Gasteiger partial charge in [-0.1, -0.05) is 12.8 Å². The van der Waals surface area contributed by atoms with Gasteiger partial charge in [-0.15, -0.1) is 11.3 Å². The van der Waals surface area contributed by atoms with Crippen LogP contribution in [0.4, 0.5) is 0 Å². The number of nitrogens with one attached hydrogen (secondary N) is 3. The lowest BCUT2D eigenvalue weighted by Crippen LogP contribution is -2.41. The summed E-state index contributed by atoms with van der Waals surface area (Å²) in [5.41, 5.74) is 1.85. The minimum atomic E-state index is -0.226. The van der Waals surface area contributed by atoms with Crippen LogP contribution in [0.1, 0.15) is 43.0 Å². The molecule has 0 aliphatic carbocycles. The highest BCUT2D eigenvalue weighted by Crippen LogP contribution is 2.26. The van der Waals surface area contributed by atoms with Crippen molar-refractivity contribution in [3.8, 4) is 0 Å². The second kappa shape index (κ2) is 9.32. The first kappa shape index (κ1) is 21.1. The topological polar surface area (TPSA) is 90.8 Å². The Kier molecular flexibility index (Phi) is 6.55. The van der Waals surface area contributed by atoms with Crippen molar-refractivity contribution in [1.29, 1.82) is 0 Å². The molecule has 1 fully saturated rings. The third-order valence-corrected chi connectivity index (χ3v) is 6.88. The molecule has 4 heterocycles. The molecule has 0 spiro atoms. The van der Waals surface area contributed by atoms with Crippen LogP contribution in [-0.4, -0.2) is 52.0 Å². The number of thiazole rings is 1. The number of fused-ring (bicyclic) bond motifs is 1. The van der Waals surface area contributed by atoms with Crippen molar-refractivity contribution < 1.29 is 9.59 Å². The number of aromatic nitrogens is 2. The molecule has 1 unspecified atom stereocenters. The van der Waals surface area contributed by atoms with Gasteiger partial charge >= 0.3 is 0 Å². The Morgan fingerprint density at radius 3 is 2.80 bits per heavy atom. The van der Waals surface area contributed by atoms with Gasteiger partial charge < -0.3 is 16.0 Å². The summed E-state index contributed by atoms with van der Waals surface area (Å²) in [7, 11) is 0. The summed E-state index contributed by atoms with van der Waals surface area (Å²) in [6.45, 7) is 4.29. The third-order valence-electron chi connectivity index (χ3n) is 5.29. The standard InChI is InChI=1S/C20H25BrN6O2S/c1-13-16(25-19(29)15-10-23-27-11-17(21)30-20(15)27)8-14(9-22-13)24-18(28)12-26-6-4-2-3-5-7-26/h8-11,13,22H,2-7,12H2,1H3,(H,24,28)(H,25,29). The van der Waals surface area contributed by atoms with Crippen molar-refractivity contribution in [3.05, 3.63) is 45.4 Å². The smallest absolute Gasteiger partial charge is 0.260 e. The summed E-state index contributed by atoms with van der Waals surface area (Å²) in [4.78, 5) is 28.3. The molecule has 10 heteroatoms. The SMILES string of the molecule is CC1NC=C(NC(=O)CN2CCCCCC2)C=C1NC(=O)c1cnn2cc(Br)sc12. The molecule has 160 valence electrons. The van der Waals surface area contributed by atoms with Crippen molar-refractivity contribution in [1.82, 2.24) is 30.5 Å². The number of dihydropyridines is 1. The van der Waals surface area contributed by atoms with Gasteiger partial charge in [-0.3, -0.25) is 14.5 Å². The Morgan fingerprint density at radius 2 is 2.03 bits per heavy atom. The average molecular weight is 493 g/mol. The zero-order valence-corrected chi connectivity index (χ0v) is 19.2. The number of hydrogen-bond acceptors (Lipinski definition) is 6. The molecule has 0 aromatic carbocycles. The molecule has 2 aromatic rings. The van der Waals surface area contributed by atoms with E-state index in [1.165, 1.54) is 24.2 Å². The van der Waals surface area contributed by atoms with E-state index in [0.29, 0.717) is 23.5 Å². The van der Waals surface area contributed by atoms with E-state index in [1.54, 1.807) is 16.9 Å². The molecule has 2 aliphatic rings. The Hall–Kier alpha value is -2.17. The molecular weight excluding hydrogens is 468 g/mol. The summed E-state index contributed by atoms with van der Waals surface area (Å²) < 4.78 is 2.58. The second-order valence-corrected chi connectivity index (χ2v) is 10.0. The minimum absolute atomic E-state index is 0.0387. The first-order valence-corrected chi connectivity index (χ1v) is 11.7. The second-order valence-electron chi connectivity index (χ2n) is 7.62. The monoisotopic (exact) mass is 492 g/mol. The number of hydrogen-bond donors (Lipinski definition) is 3. The van der Waals surface area contributed by atoms with E-state index >= 15 is 0 Å². The van der Waals surface area contributed by atoms with E-state index in [0.717, 1.165) is 34.5 Å². The van der Waals surface area contributed by atoms with Gasteiger partial charge in [-0.05, 0) is 54.9 Å². The lowest BCUT2D eigenvalue weighted by molar-refractivity contribution is -0.121. The van der Waals surface area contributed by atoms with E-state index in [9.17, 15) is 9.59 Å². The Labute approximate surface area is 187 Å². The van der Waals surface area contributed by atoms with Gasteiger partial charge in [0.2, 0.25) is 5.91 Å². The summed E-state index contributed by atoms with van der Waals surface area (Å²) >= 11 is 4.87. The lowest BCUT2D eigenvalue weighted by atomic mass is 10.1. The Morgan fingerprint density at radius 1 is 1.27 bits per heavy atom. The van der Waals surface area contributed by atoms with Crippen LogP contribution in [0.15, 0.2) is 39.9 Å². The molecule has 1 atom stereocenters. The summed E-state index contributed by atoms with van der Waals surface area (Å²) in [6, 6.07) is -0.0821. The average Bonchev–Trinajstić information content (AvgIpc) is 3.14. The normalized spacial score (nSPS) is 20.1. The molecule has 3 N–H and O–H groups in total. The summed E-state index contributed by atoms with van der Waals surface area (Å²) in [5.74, 6) is -0.264. The number of carbonyl (C=O) groups excluding carboxylic acids is 2. The maximum Gasteiger partial charge on any atom is 0.260 e. The molecule has 8 nitrogen and oxygen atoms in total. The quantitative estimate of drug-likeness (QED) is 0.596. The van der Waals surface area contributed by atoms with E-state index in [2.05, 4.69) is 41.9 Å². The van der Waals surface area contributed by atoms with E-state index in [1.807, 2.05) is 19.2 Å². The van der Waals surface area contributed by atoms with Crippen LogP contribution in [0.25, 0.3) is 4.83 Å². The predicted octanol–water partition coefficient (Wildman–Crippen LogP) is 2.60. The van der Waals surface area contributed by atoms with Crippen LogP contribution in [0, 0.1) is 0 Å². The van der Waals surface area contributed by atoms with Crippen molar-refractivity contribution >= 4 is 43.9 Å². The number of carbonyl (C=O) groups is 2. The van der Waals surface area contributed by atoms with Gasteiger partial charge in [0, 0.05) is 11.9 Å². The molecule has 1 saturated heterocycles. The summed E-state index contributed by atoms with van der Waals surface area (Å²) in [5, 5.41) is 13.3. The number of likely N-dealkylation sites (tertiary alicyclic amines) is 1. The first-order valence-electron chi connectivity index (χ1n) is 10.1. The maximum absolute atomic E-state index is 12.8. The molecule has 2 aromatic heterocycles. The van der Waals surface area contributed by atoms with Crippen LogP contribution < -0.4 is 16.0 Å². The van der Waals surface area contributed by atoms with Crippen molar-refractivity contribution in [2.45, 2.75) is 38.6 Å². The largest absolute Gasteiger partial charge is 0.381 e. The number of nitrogens with zero attached hydrogens (tertiary/aromatic N) is 3. The van der Waals surface area contributed by atoms with Gasteiger partial charge in [0.1, 0.15) is 4.83 Å².